The van der Waals surface area contributed by atoms with Crippen molar-refractivity contribution < 1.29 is 49.0 Å². The Morgan fingerprint density at radius 3 is 2.31 bits per heavy atom. The third kappa shape index (κ3) is 5.18. The van der Waals surface area contributed by atoms with Crippen molar-refractivity contribution >= 4 is 23.5 Å². The van der Waals surface area contributed by atoms with Crippen LogP contribution in [-0.4, -0.2) is 76.8 Å². The van der Waals surface area contributed by atoms with E-state index in [1.54, 1.807) is 30.3 Å². The zero-order valence-electron chi connectivity index (χ0n) is 16.8. The zero-order chi connectivity index (χ0) is 23.4. The second-order valence-electron chi connectivity index (χ2n) is 6.88. The Hall–Kier alpha value is -2.73. The van der Waals surface area contributed by atoms with Crippen LogP contribution in [0.1, 0.15) is 20.7 Å². The molecule has 2 aromatic rings. The Morgan fingerprint density at radius 1 is 0.969 bits per heavy atom. The number of esters is 2. The number of halogens is 1. The van der Waals surface area contributed by atoms with Gasteiger partial charge in [0.25, 0.3) is 0 Å². The maximum Gasteiger partial charge on any atom is 0.343 e. The number of hydrogen-bond donors (Lipinski definition) is 4. The number of benzene rings is 2. The van der Waals surface area contributed by atoms with Gasteiger partial charge in [-0.2, -0.15) is 0 Å². The van der Waals surface area contributed by atoms with E-state index in [4.69, 9.17) is 30.5 Å². The predicted molar refractivity (Wildman–Crippen MR) is 109 cm³/mol. The third-order valence-corrected chi connectivity index (χ3v) is 5.02. The molecule has 172 valence electrons. The lowest BCUT2D eigenvalue weighted by Gasteiger charge is -2.37. The summed E-state index contributed by atoms with van der Waals surface area (Å²) in [5, 5.41) is 38.6. The average molecular weight is 469 g/mol. The largest absolute Gasteiger partial charge is 0.493 e. The van der Waals surface area contributed by atoms with E-state index in [9.17, 15) is 30.0 Å². The highest BCUT2D eigenvalue weighted by molar-refractivity contribution is 6.32. The first-order chi connectivity index (χ1) is 15.2. The van der Waals surface area contributed by atoms with Gasteiger partial charge in [-0.1, -0.05) is 29.8 Å². The van der Waals surface area contributed by atoms with E-state index in [2.05, 4.69) is 0 Å². The first kappa shape index (κ1) is 23.9. The molecule has 1 unspecified atom stereocenters. The maximum atomic E-state index is 12.4. The van der Waals surface area contributed by atoms with Crippen LogP contribution in [0.15, 0.2) is 42.5 Å². The summed E-state index contributed by atoms with van der Waals surface area (Å²) >= 11 is 6.19. The number of carbonyl (C=O) groups is 2. The average Bonchev–Trinajstić information content (AvgIpc) is 2.80. The first-order valence-corrected chi connectivity index (χ1v) is 9.80. The Labute approximate surface area is 187 Å². The lowest BCUT2D eigenvalue weighted by atomic mass is 9.99. The Balaban J connectivity index is 1.71. The molecule has 1 aliphatic heterocycles. The molecule has 2 aromatic carbocycles. The van der Waals surface area contributed by atoms with Gasteiger partial charge in [-0.25, -0.2) is 9.59 Å². The normalized spacial score (nSPS) is 25.1. The number of methoxy groups -OCH3 is 1. The molecule has 1 saturated heterocycles. The van der Waals surface area contributed by atoms with Gasteiger partial charge in [-0.3, -0.25) is 0 Å². The molecule has 0 radical (unpaired) electrons. The summed E-state index contributed by atoms with van der Waals surface area (Å²) in [6.07, 6.45) is -8.03. The van der Waals surface area contributed by atoms with Gasteiger partial charge in [-0.15, -0.1) is 0 Å². The summed E-state index contributed by atoms with van der Waals surface area (Å²) in [5.41, 5.74) is 0.229. The van der Waals surface area contributed by atoms with Crippen molar-refractivity contribution in [3.05, 3.63) is 58.6 Å². The van der Waals surface area contributed by atoms with Gasteiger partial charge in [-0.05, 0) is 24.3 Å². The van der Waals surface area contributed by atoms with Gasteiger partial charge in [0.15, 0.2) is 17.8 Å². The molecule has 4 N–H and O–H groups in total. The smallest absolute Gasteiger partial charge is 0.343 e. The lowest BCUT2D eigenvalue weighted by molar-refractivity contribution is -0.286. The van der Waals surface area contributed by atoms with Gasteiger partial charge in [0.05, 0.1) is 23.3 Å². The van der Waals surface area contributed by atoms with Gasteiger partial charge < -0.3 is 39.4 Å². The van der Waals surface area contributed by atoms with E-state index in [0.717, 1.165) is 0 Å². The molecule has 32 heavy (non-hydrogen) atoms. The minimum atomic E-state index is -1.76. The second-order valence-corrected chi connectivity index (χ2v) is 7.29. The van der Waals surface area contributed by atoms with E-state index >= 15 is 0 Å². The summed E-state index contributed by atoms with van der Waals surface area (Å²) in [4.78, 5) is 24.8. The zero-order valence-corrected chi connectivity index (χ0v) is 17.5. The Bertz CT molecular complexity index is 967. The molecule has 0 aromatic heterocycles. The Kier molecular flexibility index (Phi) is 7.67. The molecule has 0 spiro atoms. The van der Waals surface area contributed by atoms with Crippen LogP contribution in [0.2, 0.25) is 5.02 Å². The van der Waals surface area contributed by atoms with Gasteiger partial charge in [0, 0.05) is 0 Å². The maximum absolute atomic E-state index is 12.4. The molecule has 1 fully saturated rings. The highest BCUT2D eigenvalue weighted by Crippen LogP contribution is 2.37. The van der Waals surface area contributed by atoms with Crippen LogP contribution in [0.5, 0.6) is 11.5 Å². The fraction of sp³-hybridized carbons (Fsp3) is 0.333. The summed E-state index contributed by atoms with van der Waals surface area (Å²) in [7, 11) is 1.29. The number of ether oxygens (including phenoxy) is 4. The summed E-state index contributed by atoms with van der Waals surface area (Å²) in [6, 6.07) is 10.6. The second kappa shape index (κ2) is 10.3. The number of aliphatic hydroxyl groups excluding tert-OH is 4. The molecule has 3 rings (SSSR count). The number of hydrogen-bond acceptors (Lipinski definition) is 10. The number of aliphatic hydroxyl groups is 4. The topological polar surface area (TPSA) is 152 Å². The highest BCUT2D eigenvalue weighted by atomic mass is 35.5. The van der Waals surface area contributed by atoms with Crippen molar-refractivity contribution in [3.63, 3.8) is 0 Å². The first-order valence-electron chi connectivity index (χ1n) is 9.42. The standard InChI is InChI=1S/C21H21ClO10/c1-29-13-8-11(7-12(22)18(13)32-20(27)10-5-3-2-4-6-10)19(26)30-9-14-15(23)16(24)17(25)21(28)31-14/h2-8,14-17,21,23-25,28H,9H2,1H3/t14-,15+,16+,17-,21?/m1/s1. The molecule has 11 heteroatoms. The van der Waals surface area contributed by atoms with Gasteiger partial charge in [0.1, 0.15) is 31.0 Å². The third-order valence-electron chi connectivity index (χ3n) is 4.74. The Morgan fingerprint density at radius 2 is 1.66 bits per heavy atom. The van der Waals surface area contributed by atoms with Crippen LogP contribution in [0.3, 0.4) is 0 Å². The molecule has 1 heterocycles. The van der Waals surface area contributed by atoms with Crippen LogP contribution in [0.4, 0.5) is 0 Å². The van der Waals surface area contributed by atoms with Crippen molar-refractivity contribution in [1.29, 1.82) is 0 Å². The molecular formula is C21H21ClO10. The fourth-order valence-electron chi connectivity index (χ4n) is 2.97. The van der Waals surface area contributed by atoms with Gasteiger partial charge in [0.2, 0.25) is 0 Å². The number of rotatable bonds is 6. The van der Waals surface area contributed by atoms with Crippen molar-refractivity contribution in [2.75, 3.05) is 13.7 Å². The predicted octanol–water partition coefficient (Wildman–Crippen LogP) is 0.525. The summed E-state index contributed by atoms with van der Waals surface area (Å²) in [5.74, 6) is -1.66. The van der Waals surface area contributed by atoms with Crippen molar-refractivity contribution in [2.24, 2.45) is 0 Å². The van der Waals surface area contributed by atoms with E-state index in [-0.39, 0.29) is 27.6 Å². The van der Waals surface area contributed by atoms with Crippen LogP contribution in [0.25, 0.3) is 0 Å². The van der Waals surface area contributed by atoms with Crippen LogP contribution < -0.4 is 9.47 Å². The van der Waals surface area contributed by atoms with Crippen molar-refractivity contribution in [2.45, 2.75) is 30.7 Å². The highest BCUT2D eigenvalue weighted by Gasteiger charge is 2.43. The molecule has 10 nitrogen and oxygen atoms in total. The summed E-state index contributed by atoms with van der Waals surface area (Å²) < 4.78 is 20.5. The quantitative estimate of drug-likeness (QED) is 0.349. The minimum absolute atomic E-state index is 0.00310. The van der Waals surface area contributed by atoms with E-state index in [1.165, 1.54) is 19.2 Å². The SMILES string of the molecule is COc1cc(C(=O)OC[C@H]2OC(O)[C@H](O)[C@@H](O)[C@H]2O)cc(Cl)c1OC(=O)c1ccccc1. The molecular weight excluding hydrogens is 448 g/mol. The molecule has 0 amide bonds. The number of carbonyl (C=O) groups excluding carboxylic acids is 2. The minimum Gasteiger partial charge on any atom is -0.493 e. The van der Waals surface area contributed by atoms with E-state index < -0.39 is 49.3 Å². The van der Waals surface area contributed by atoms with Crippen molar-refractivity contribution in [1.82, 2.24) is 0 Å². The van der Waals surface area contributed by atoms with Crippen LogP contribution in [0, 0.1) is 0 Å². The monoisotopic (exact) mass is 468 g/mol. The molecule has 0 aliphatic carbocycles. The summed E-state index contributed by atoms with van der Waals surface area (Å²) in [6.45, 7) is -0.536. The van der Waals surface area contributed by atoms with Gasteiger partial charge >= 0.3 is 11.9 Å². The van der Waals surface area contributed by atoms with Crippen molar-refractivity contribution in [3.8, 4) is 11.5 Å². The molecule has 0 saturated carbocycles. The molecule has 5 atom stereocenters. The van der Waals surface area contributed by atoms with E-state index in [1.807, 2.05) is 0 Å². The fourth-order valence-corrected chi connectivity index (χ4v) is 3.22. The lowest BCUT2D eigenvalue weighted by Crippen LogP contribution is -2.58. The molecule has 1 aliphatic rings. The van der Waals surface area contributed by atoms with E-state index in [0.29, 0.717) is 0 Å². The van der Waals surface area contributed by atoms with Crippen LogP contribution in [-0.2, 0) is 9.47 Å². The molecule has 0 bridgehead atoms. The van der Waals surface area contributed by atoms with Crippen LogP contribution >= 0.6 is 11.6 Å².